The molecule has 1 aliphatic heterocycles. The maximum atomic E-state index is 10.7. The van der Waals surface area contributed by atoms with E-state index in [0.717, 1.165) is 37.1 Å². The van der Waals surface area contributed by atoms with Gasteiger partial charge in [0.25, 0.3) is 0 Å². The number of aromatic nitrogens is 1. The van der Waals surface area contributed by atoms with E-state index in [4.69, 9.17) is 9.42 Å². The van der Waals surface area contributed by atoms with E-state index in [1.165, 1.54) is 0 Å². The minimum atomic E-state index is -2.99. The molecule has 0 bridgehead atoms. The van der Waals surface area contributed by atoms with Gasteiger partial charge in [0.2, 0.25) is 5.88 Å². The molecule has 5 nitrogen and oxygen atoms in total. The van der Waals surface area contributed by atoms with Crippen molar-refractivity contribution in [3.63, 3.8) is 0 Å². The third-order valence-electron chi connectivity index (χ3n) is 3.76. The van der Waals surface area contributed by atoms with Crippen molar-refractivity contribution < 1.29 is 14.0 Å². The van der Waals surface area contributed by atoms with Crippen LogP contribution in [0.1, 0.15) is 38.7 Å². The number of anilines is 1. The van der Waals surface area contributed by atoms with Gasteiger partial charge in [0.1, 0.15) is 5.82 Å². The van der Waals surface area contributed by atoms with E-state index in [1.807, 2.05) is 6.07 Å². The fraction of sp³-hybridized carbons (Fsp3) is 0.583. The topological polar surface area (TPSA) is 71.5 Å². The SMILES string of the molecule is CCC1(CC)CCc2ccc(O[PH](=O)O)nc2N1. The first-order valence-corrected chi connectivity index (χ1v) is 7.54. The molecule has 1 aliphatic rings. The summed E-state index contributed by atoms with van der Waals surface area (Å²) in [6.07, 6.45) is 4.13. The first kappa shape index (κ1) is 13.4. The van der Waals surface area contributed by atoms with Crippen molar-refractivity contribution in [2.75, 3.05) is 5.32 Å². The average molecular weight is 270 g/mol. The van der Waals surface area contributed by atoms with Crippen molar-refractivity contribution in [1.29, 1.82) is 0 Å². The zero-order valence-corrected chi connectivity index (χ0v) is 11.7. The van der Waals surface area contributed by atoms with Crippen LogP contribution in [0.2, 0.25) is 0 Å². The first-order valence-electron chi connectivity index (χ1n) is 6.27. The van der Waals surface area contributed by atoms with Gasteiger partial charge in [-0.2, -0.15) is 4.98 Å². The summed E-state index contributed by atoms with van der Waals surface area (Å²) >= 11 is 0. The fourth-order valence-electron chi connectivity index (χ4n) is 2.39. The van der Waals surface area contributed by atoms with E-state index in [0.29, 0.717) is 0 Å². The van der Waals surface area contributed by atoms with Crippen LogP contribution in [-0.2, 0) is 11.0 Å². The van der Waals surface area contributed by atoms with Crippen LogP contribution in [0.3, 0.4) is 0 Å². The summed E-state index contributed by atoms with van der Waals surface area (Å²) in [7, 11) is -2.99. The van der Waals surface area contributed by atoms with Crippen LogP contribution in [0.25, 0.3) is 0 Å². The van der Waals surface area contributed by atoms with Gasteiger partial charge >= 0.3 is 8.25 Å². The Morgan fingerprint density at radius 2 is 2.22 bits per heavy atom. The Balaban J connectivity index is 2.26. The predicted octanol–water partition coefficient (Wildman–Crippen LogP) is 2.76. The van der Waals surface area contributed by atoms with E-state index >= 15 is 0 Å². The van der Waals surface area contributed by atoms with Gasteiger partial charge in [-0.05, 0) is 37.3 Å². The molecule has 0 spiro atoms. The number of nitrogens with zero attached hydrogens (tertiary/aromatic N) is 1. The summed E-state index contributed by atoms with van der Waals surface area (Å²) in [6.45, 7) is 4.32. The van der Waals surface area contributed by atoms with Gasteiger partial charge < -0.3 is 14.7 Å². The highest BCUT2D eigenvalue weighted by Crippen LogP contribution is 2.35. The lowest BCUT2D eigenvalue weighted by Crippen LogP contribution is -2.40. The van der Waals surface area contributed by atoms with Gasteiger partial charge in [-0.15, -0.1) is 0 Å². The molecule has 0 radical (unpaired) electrons. The monoisotopic (exact) mass is 270 g/mol. The van der Waals surface area contributed by atoms with E-state index < -0.39 is 8.25 Å². The summed E-state index contributed by atoms with van der Waals surface area (Å²) in [4.78, 5) is 13.0. The molecule has 1 unspecified atom stereocenters. The summed E-state index contributed by atoms with van der Waals surface area (Å²) in [5, 5.41) is 3.46. The smallest absolute Gasteiger partial charge is 0.366 e. The molecule has 2 N–H and O–H groups in total. The standard InChI is InChI=1S/C12H19N2O3P/c1-3-12(4-2)8-7-9-5-6-10(17-18(15)16)13-11(9)14-12/h5-6,18H,3-4,7-8H2,1-2H3,(H,13,14)(H,15,16). The highest BCUT2D eigenvalue weighted by atomic mass is 31.1. The number of rotatable bonds is 4. The van der Waals surface area contributed by atoms with Gasteiger partial charge in [-0.25, -0.2) is 4.57 Å². The van der Waals surface area contributed by atoms with E-state index in [9.17, 15) is 4.57 Å². The molecule has 1 atom stereocenters. The van der Waals surface area contributed by atoms with E-state index in [-0.39, 0.29) is 11.4 Å². The number of hydrogen-bond acceptors (Lipinski definition) is 4. The number of nitrogens with one attached hydrogen (secondary N) is 1. The van der Waals surface area contributed by atoms with Crippen molar-refractivity contribution >= 4 is 14.1 Å². The van der Waals surface area contributed by atoms with Gasteiger partial charge in [-0.3, -0.25) is 0 Å². The van der Waals surface area contributed by atoms with Crippen molar-refractivity contribution in [1.82, 2.24) is 4.98 Å². The molecule has 0 saturated heterocycles. The molecule has 0 amide bonds. The quantitative estimate of drug-likeness (QED) is 0.823. The summed E-state index contributed by atoms with van der Waals surface area (Å²) in [5.41, 5.74) is 1.22. The van der Waals surface area contributed by atoms with Crippen LogP contribution in [0.5, 0.6) is 5.88 Å². The maximum absolute atomic E-state index is 10.7. The van der Waals surface area contributed by atoms with E-state index in [2.05, 4.69) is 24.1 Å². The van der Waals surface area contributed by atoms with Crippen LogP contribution < -0.4 is 9.84 Å². The van der Waals surface area contributed by atoms with Crippen LogP contribution in [0.4, 0.5) is 5.82 Å². The predicted molar refractivity (Wildman–Crippen MR) is 71.3 cm³/mol. The molecule has 0 aliphatic carbocycles. The third-order valence-corrected chi connectivity index (χ3v) is 4.14. The van der Waals surface area contributed by atoms with Crippen LogP contribution in [0, 0.1) is 0 Å². The Kier molecular flexibility index (Phi) is 3.93. The molecular weight excluding hydrogens is 251 g/mol. The maximum Gasteiger partial charge on any atom is 0.366 e. The van der Waals surface area contributed by atoms with Crippen molar-refractivity contribution in [3.8, 4) is 5.88 Å². The molecule has 2 rings (SSSR count). The molecule has 18 heavy (non-hydrogen) atoms. The molecule has 6 heteroatoms. The van der Waals surface area contributed by atoms with Crippen molar-refractivity contribution in [3.05, 3.63) is 17.7 Å². The minimum absolute atomic E-state index is 0.0864. The minimum Gasteiger partial charge on any atom is -0.408 e. The summed E-state index contributed by atoms with van der Waals surface area (Å²) < 4.78 is 15.4. The highest BCUT2D eigenvalue weighted by Gasteiger charge is 2.31. The molecule has 1 aromatic rings. The second kappa shape index (κ2) is 5.29. The lowest BCUT2D eigenvalue weighted by Gasteiger charge is -2.38. The molecular formula is C12H19N2O3P. The van der Waals surface area contributed by atoms with Crippen molar-refractivity contribution in [2.45, 2.75) is 45.1 Å². The second-order valence-corrected chi connectivity index (χ2v) is 5.37. The number of fused-ring (bicyclic) bond motifs is 1. The lowest BCUT2D eigenvalue weighted by molar-refractivity contribution is 0.385. The Labute approximate surface area is 108 Å². The molecule has 1 aromatic heterocycles. The first-order chi connectivity index (χ1) is 8.58. The Hall–Kier alpha value is -1.06. The highest BCUT2D eigenvalue weighted by molar-refractivity contribution is 7.32. The van der Waals surface area contributed by atoms with Gasteiger partial charge in [0, 0.05) is 11.6 Å². The number of pyridine rings is 1. The molecule has 0 aromatic carbocycles. The zero-order chi connectivity index (χ0) is 13.2. The number of aryl methyl sites for hydroxylation is 1. The van der Waals surface area contributed by atoms with Crippen LogP contribution in [0.15, 0.2) is 12.1 Å². The largest absolute Gasteiger partial charge is 0.408 e. The normalized spacial score (nSPS) is 18.6. The number of hydrogen-bond donors (Lipinski definition) is 2. The van der Waals surface area contributed by atoms with Gasteiger partial charge in [0.15, 0.2) is 0 Å². The molecule has 0 fully saturated rings. The molecule has 0 saturated carbocycles. The average Bonchev–Trinajstić information content (AvgIpc) is 2.37. The fourth-order valence-corrected chi connectivity index (χ4v) is 2.69. The Bertz CT molecular complexity index is 461. The Morgan fingerprint density at radius 3 is 2.83 bits per heavy atom. The summed E-state index contributed by atoms with van der Waals surface area (Å²) in [5.74, 6) is 0.987. The molecule has 100 valence electrons. The molecule has 2 heterocycles. The Morgan fingerprint density at radius 1 is 1.50 bits per heavy atom. The van der Waals surface area contributed by atoms with Gasteiger partial charge in [-0.1, -0.05) is 13.8 Å². The third kappa shape index (κ3) is 2.68. The van der Waals surface area contributed by atoms with Crippen molar-refractivity contribution in [2.24, 2.45) is 0 Å². The van der Waals surface area contributed by atoms with Crippen LogP contribution in [-0.4, -0.2) is 15.4 Å². The van der Waals surface area contributed by atoms with E-state index in [1.54, 1.807) is 6.07 Å². The zero-order valence-electron chi connectivity index (χ0n) is 10.7. The second-order valence-electron chi connectivity index (χ2n) is 4.64. The van der Waals surface area contributed by atoms with Gasteiger partial charge in [0.05, 0.1) is 0 Å². The summed E-state index contributed by atoms with van der Waals surface area (Å²) in [6, 6.07) is 3.55. The van der Waals surface area contributed by atoms with Crippen LogP contribution >= 0.6 is 8.25 Å². The lowest BCUT2D eigenvalue weighted by atomic mass is 9.83.